The van der Waals surface area contributed by atoms with Gasteiger partial charge in [-0.1, -0.05) is 0 Å². The van der Waals surface area contributed by atoms with Crippen LogP contribution < -0.4 is 4.74 Å². The summed E-state index contributed by atoms with van der Waals surface area (Å²) in [5, 5.41) is 8.75. The Kier molecular flexibility index (Phi) is 4.80. The molecule has 0 saturated heterocycles. The van der Waals surface area contributed by atoms with Gasteiger partial charge in [-0.05, 0) is 40.8 Å². The molecule has 1 N–H and O–H groups in total. The molecule has 1 aromatic rings. The third-order valence-electron chi connectivity index (χ3n) is 1.71. The predicted octanol–water partition coefficient (Wildman–Crippen LogP) is 2.73. The van der Waals surface area contributed by atoms with Crippen LogP contribution in [0.3, 0.4) is 0 Å². The fraction of sp³-hybridized carbons (Fsp3) is 0.300. The standard InChI is InChI=1S/C10H10FIO3/c11-4-1-5-15-9-6-7(10(13)14)2-3-8(9)12/h2-3,6H,1,4-5H2,(H,13,14). The molecule has 0 aliphatic heterocycles. The summed E-state index contributed by atoms with van der Waals surface area (Å²) in [6.45, 7) is -0.176. The van der Waals surface area contributed by atoms with Crippen LogP contribution in [0.2, 0.25) is 0 Å². The summed E-state index contributed by atoms with van der Waals surface area (Å²) in [5.41, 5.74) is 0.172. The second-order valence-corrected chi connectivity index (χ2v) is 4.00. The topological polar surface area (TPSA) is 46.5 Å². The molecular weight excluding hydrogens is 314 g/mol. The van der Waals surface area contributed by atoms with E-state index < -0.39 is 12.6 Å². The van der Waals surface area contributed by atoms with Crippen LogP contribution in [0.1, 0.15) is 16.8 Å². The van der Waals surface area contributed by atoms with Crippen molar-refractivity contribution in [3.63, 3.8) is 0 Å². The molecule has 0 saturated carbocycles. The highest BCUT2D eigenvalue weighted by molar-refractivity contribution is 14.1. The van der Waals surface area contributed by atoms with Gasteiger partial charge < -0.3 is 9.84 Å². The third kappa shape index (κ3) is 3.65. The number of alkyl halides is 1. The summed E-state index contributed by atoms with van der Waals surface area (Å²) in [5.74, 6) is -0.509. The summed E-state index contributed by atoms with van der Waals surface area (Å²) in [6.07, 6.45) is 0.313. The summed E-state index contributed by atoms with van der Waals surface area (Å²) in [4.78, 5) is 10.7. The van der Waals surface area contributed by atoms with E-state index in [2.05, 4.69) is 0 Å². The molecule has 15 heavy (non-hydrogen) atoms. The van der Waals surface area contributed by atoms with Gasteiger partial charge in [-0.2, -0.15) is 0 Å². The zero-order chi connectivity index (χ0) is 11.3. The Morgan fingerprint density at radius 3 is 2.87 bits per heavy atom. The first-order chi connectivity index (χ1) is 7.15. The number of benzene rings is 1. The van der Waals surface area contributed by atoms with Crippen LogP contribution in [0.5, 0.6) is 5.75 Å². The molecule has 0 radical (unpaired) electrons. The molecule has 3 nitrogen and oxygen atoms in total. The van der Waals surface area contributed by atoms with Crippen LogP contribution in [0.15, 0.2) is 18.2 Å². The zero-order valence-electron chi connectivity index (χ0n) is 7.87. The minimum Gasteiger partial charge on any atom is -0.492 e. The van der Waals surface area contributed by atoms with Gasteiger partial charge in [0.2, 0.25) is 0 Å². The van der Waals surface area contributed by atoms with Crippen molar-refractivity contribution in [3.8, 4) is 5.75 Å². The first-order valence-corrected chi connectivity index (χ1v) is 5.44. The maximum atomic E-state index is 11.8. The Labute approximate surface area is 100 Å². The number of carboxylic acids is 1. The number of hydrogen-bond acceptors (Lipinski definition) is 2. The second kappa shape index (κ2) is 5.89. The quantitative estimate of drug-likeness (QED) is 0.669. The maximum absolute atomic E-state index is 11.8. The zero-order valence-corrected chi connectivity index (χ0v) is 10.0. The smallest absolute Gasteiger partial charge is 0.335 e. The normalized spacial score (nSPS) is 10.0. The fourth-order valence-electron chi connectivity index (χ4n) is 0.984. The molecule has 0 aromatic heterocycles. The van der Waals surface area contributed by atoms with Crippen molar-refractivity contribution in [3.05, 3.63) is 27.3 Å². The van der Waals surface area contributed by atoms with Crippen LogP contribution >= 0.6 is 22.6 Å². The van der Waals surface area contributed by atoms with E-state index in [1.807, 2.05) is 22.6 Å². The third-order valence-corrected chi connectivity index (χ3v) is 2.60. The van der Waals surface area contributed by atoms with Gasteiger partial charge in [0.25, 0.3) is 0 Å². The van der Waals surface area contributed by atoms with Gasteiger partial charge in [0, 0.05) is 6.42 Å². The molecule has 0 atom stereocenters. The molecule has 0 aliphatic carbocycles. The van der Waals surface area contributed by atoms with E-state index >= 15 is 0 Å². The second-order valence-electron chi connectivity index (χ2n) is 2.84. The van der Waals surface area contributed by atoms with Gasteiger partial charge in [0.15, 0.2) is 0 Å². The van der Waals surface area contributed by atoms with Crippen molar-refractivity contribution >= 4 is 28.6 Å². The number of rotatable bonds is 5. The van der Waals surface area contributed by atoms with Gasteiger partial charge in [0.05, 0.1) is 22.4 Å². The molecule has 1 aromatic carbocycles. The molecule has 0 spiro atoms. The van der Waals surface area contributed by atoms with Crippen molar-refractivity contribution in [1.82, 2.24) is 0 Å². The largest absolute Gasteiger partial charge is 0.492 e. The van der Waals surface area contributed by atoms with E-state index in [-0.39, 0.29) is 12.2 Å². The molecule has 0 bridgehead atoms. The SMILES string of the molecule is O=C(O)c1ccc(I)c(OCCCF)c1. The highest BCUT2D eigenvalue weighted by atomic mass is 127. The Morgan fingerprint density at radius 1 is 1.53 bits per heavy atom. The highest BCUT2D eigenvalue weighted by Gasteiger charge is 2.07. The van der Waals surface area contributed by atoms with E-state index in [1.54, 1.807) is 6.07 Å². The number of carboxylic acid groups (broad SMARTS) is 1. The lowest BCUT2D eigenvalue weighted by molar-refractivity contribution is 0.0696. The van der Waals surface area contributed by atoms with Crippen LogP contribution in [-0.4, -0.2) is 24.4 Å². The average Bonchev–Trinajstić information content (AvgIpc) is 2.20. The van der Waals surface area contributed by atoms with Crippen LogP contribution in [0.25, 0.3) is 0 Å². The Balaban J connectivity index is 2.76. The van der Waals surface area contributed by atoms with Gasteiger partial charge in [-0.3, -0.25) is 4.39 Å². The summed E-state index contributed by atoms with van der Waals surface area (Å²) >= 11 is 2.04. The fourth-order valence-corrected chi connectivity index (χ4v) is 1.47. The van der Waals surface area contributed by atoms with Crippen LogP contribution in [0.4, 0.5) is 4.39 Å². The van der Waals surface area contributed by atoms with Crippen molar-refractivity contribution in [1.29, 1.82) is 0 Å². The van der Waals surface area contributed by atoms with E-state index in [0.29, 0.717) is 12.2 Å². The van der Waals surface area contributed by atoms with Gasteiger partial charge >= 0.3 is 5.97 Å². The van der Waals surface area contributed by atoms with E-state index in [0.717, 1.165) is 3.57 Å². The molecule has 0 aliphatic rings. The van der Waals surface area contributed by atoms with Crippen LogP contribution in [0, 0.1) is 3.57 Å². The molecule has 0 fully saturated rings. The minimum atomic E-state index is -0.998. The molecule has 0 unspecified atom stereocenters. The lowest BCUT2D eigenvalue weighted by Crippen LogP contribution is -2.02. The molecule has 82 valence electrons. The lowest BCUT2D eigenvalue weighted by Gasteiger charge is -2.07. The summed E-state index contributed by atoms with van der Waals surface area (Å²) in [6, 6.07) is 4.61. The average molecular weight is 324 g/mol. The first-order valence-electron chi connectivity index (χ1n) is 4.36. The highest BCUT2D eigenvalue weighted by Crippen LogP contribution is 2.22. The van der Waals surface area contributed by atoms with Crippen molar-refractivity contribution in [2.24, 2.45) is 0 Å². The molecule has 1 rings (SSSR count). The van der Waals surface area contributed by atoms with Gasteiger partial charge in [-0.15, -0.1) is 0 Å². The molecule has 0 amide bonds. The minimum absolute atomic E-state index is 0.172. The number of carbonyl (C=O) groups is 1. The van der Waals surface area contributed by atoms with Gasteiger partial charge in [0.1, 0.15) is 5.75 Å². The monoisotopic (exact) mass is 324 g/mol. The number of halogens is 2. The summed E-state index contributed by atoms with van der Waals surface area (Å²) in [7, 11) is 0. The van der Waals surface area contributed by atoms with E-state index in [1.165, 1.54) is 12.1 Å². The Hall–Kier alpha value is -0.850. The van der Waals surface area contributed by atoms with Crippen LogP contribution in [-0.2, 0) is 0 Å². The van der Waals surface area contributed by atoms with E-state index in [4.69, 9.17) is 9.84 Å². The lowest BCUT2D eigenvalue weighted by atomic mass is 10.2. The van der Waals surface area contributed by atoms with Crippen molar-refractivity contribution in [2.45, 2.75) is 6.42 Å². The number of ether oxygens (including phenoxy) is 1. The van der Waals surface area contributed by atoms with Crippen molar-refractivity contribution < 1.29 is 19.0 Å². The number of hydrogen-bond donors (Lipinski definition) is 1. The molecule has 0 heterocycles. The van der Waals surface area contributed by atoms with E-state index in [9.17, 15) is 9.18 Å². The molecule has 5 heteroatoms. The predicted molar refractivity (Wildman–Crippen MR) is 62.2 cm³/mol. The first kappa shape index (κ1) is 12.2. The number of aromatic carboxylic acids is 1. The Bertz CT molecular complexity index is 355. The van der Waals surface area contributed by atoms with Crippen molar-refractivity contribution in [2.75, 3.05) is 13.3 Å². The molecular formula is C10H10FIO3. The van der Waals surface area contributed by atoms with Gasteiger partial charge in [-0.25, -0.2) is 4.79 Å². The Morgan fingerprint density at radius 2 is 2.27 bits per heavy atom. The summed E-state index contributed by atoms with van der Waals surface area (Å²) < 4.78 is 17.9. The maximum Gasteiger partial charge on any atom is 0.335 e.